The van der Waals surface area contributed by atoms with Crippen LogP contribution in [0.2, 0.25) is 0 Å². The van der Waals surface area contributed by atoms with Gasteiger partial charge in [-0.1, -0.05) is 154 Å². The molecule has 1 aliphatic rings. The van der Waals surface area contributed by atoms with E-state index in [1.807, 2.05) is 0 Å². The molecule has 1 aliphatic heterocycles. The van der Waals surface area contributed by atoms with Crippen LogP contribution in [0.15, 0.2) is 12.2 Å². The number of allylic oxidation sites excluding steroid dienone is 1. The molecule has 14 nitrogen and oxygen atoms in total. The number of hydrogen-bond acceptors (Lipinski definition) is 11. The number of carbonyl (C=O) groups excluding carboxylic acids is 2. The summed E-state index contributed by atoms with van der Waals surface area (Å²) in [6.45, 7) is 1.73. The van der Waals surface area contributed by atoms with Crippen molar-refractivity contribution in [2.75, 3.05) is 26.4 Å². The predicted octanol–water partition coefficient (Wildman–Crippen LogP) is 10.3. The number of phosphoric acid groups is 2. The van der Waals surface area contributed by atoms with Crippen LogP contribution in [0, 0.1) is 0 Å². The minimum atomic E-state index is -4.86. The van der Waals surface area contributed by atoms with Crippen LogP contribution in [0.3, 0.4) is 0 Å². The molecule has 1 rings (SSSR count). The SMILES string of the molecule is CCCCC/C=C\CC1OC1CCCCCCCC(=O)OC[C@H](COP(=O)(O)OC[C@@H](O)COP(=O)(O)O)OC(=O)CCCCCCCCCCCCCCCCC. The van der Waals surface area contributed by atoms with E-state index in [1.54, 1.807) is 0 Å². The first-order valence-electron chi connectivity index (χ1n) is 22.5. The lowest BCUT2D eigenvalue weighted by atomic mass is 10.0. The van der Waals surface area contributed by atoms with Gasteiger partial charge in [0, 0.05) is 12.8 Å². The Morgan fingerprint density at radius 3 is 1.64 bits per heavy atom. The average Bonchev–Trinajstić information content (AvgIpc) is 3.94. The summed E-state index contributed by atoms with van der Waals surface area (Å²) in [4.78, 5) is 52.7. The number of ether oxygens (including phenoxy) is 3. The molecule has 1 heterocycles. The fraction of sp³-hybridized carbons (Fsp3) is 0.905. The molecule has 1 saturated heterocycles. The molecule has 0 aromatic carbocycles. The van der Waals surface area contributed by atoms with Crippen molar-refractivity contribution in [1.82, 2.24) is 0 Å². The zero-order valence-corrected chi connectivity index (χ0v) is 37.6. The third kappa shape index (κ3) is 35.6. The summed E-state index contributed by atoms with van der Waals surface area (Å²) in [6, 6.07) is 0. The Balaban J connectivity index is 2.34. The van der Waals surface area contributed by atoms with E-state index in [2.05, 4.69) is 30.5 Å². The predicted molar refractivity (Wildman–Crippen MR) is 225 cm³/mol. The highest BCUT2D eigenvalue weighted by Gasteiger charge is 2.36. The Morgan fingerprint density at radius 2 is 1.07 bits per heavy atom. The minimum Gasteiger partial charge on any atom is -0.462 e. The van der Waals surface area contributed by atoms with E-state index in [0.717, 1.165) is 64.2 Å². The number of unbranched alkanes of at least 4 members (excludes halogenated alkanes) is 21. The molecule has 0 aromatic rings. The average molecular weight is 871 g/mol. The zero-order chi connectivity index (χ0) is 42.7. The van der Waals surface area contributed by atoms with Crippen LogP contribution >= 0.6 is 15.6 Å². The van der Waals surface area contributed by atoms with Crippen LogP contribution < -0.4 is 0 Å². The number of esters is 2. The lowest BCUT2D eigenvalue weighted by molar-refractivity contribution is -0.161. The Hall–Kier alpha value is -1.18. The van der Waals surface area contributed by atoms with Gasteiger partial charge in [-0.3, -0.25) is 23.2 Å². The summed E-state index contributed by atoms with van der Waals surface area (Å²) < 4.78 is 53.6. The fourth-order valence-corrected chi connectivity index (χ4v) is 7.69. The number of phosphoric ester groups is 2. The molecule has 342 valence electrons. The van der Waals surface area contributed by atoms with Crippen molar-refractivity contribution < 1.29 is 66.3 Å². The second-order valence-corrected chi connectivity index (χ2v) is 18.4. The van der Waals surface area contributed by atoms with E-state index in [4.69, 9.17) is 33.0 Å². The van der Waals surface area contributed by atoms with Gasteiger partial charge in [0.25, 0.3) is 0 Å². The second-order valence-electron chi connectivity index (χ2n) is 15.7. The molecule has 4 N–H and O–H groups in total. The van der Waals surface area contributed by atoms with Crippen LogP contribution in [-0.2, 0) is 46.5 Å². The number of aliphatic hydroxyl groups is 1. The standard InChI is InChI=1S/C42H80O14P2/c1-3-5-7-9-11-12-13-14-15-16-17-18-19-23-28-32-42(45)55-38(36-54-58(49,50)53-34-37(43)33-52-57(46,47)48)35-51-41(44)31-27-24-20-22-26-30-40-39(56-40)29-25-21-10-8-6-4-2/h21,25,37-40,43H,3-20,22-24,26-36H2,1-2H3,(H,49,50)(H2,46,47,48)/b25-21-/t37-,38+,39?,40?/m0/s1. The molecule has 16 heteroatoms. The van der Waals surface area contributed by atoms with Crippen LogP contribution in [0.5, 0.6) is 0 Å². The molecule has 1 fully saturated rings. The Morgan fingerprint density at radius 1 is 0.586 bits per heavy atom. The lowest BCUT2D eigenvalue weighted by Gasteiger charge is -2.20. The molecule has 0 amide bonds. The first-order valence-corrected chi connectivity index (χ1v) is 25.5. The number of aliphatic hydroxyl groups excluding tert-OH is 1. The minimum absolute atomic E-state index is 0.130. The van der Waals surface area contributed by atoms with Crippen molar-refractivity contribution in [3.05, 3.63) is 12.2 Å². The van der Waals surface area contributed by atoms with Gasteiger partial charge in [0.05, 0.1) is 32.0 Å². The monoisotopic (exact) mass is 871 g/mol. The molecule has 58 heavy (non-hydrogen) atoms. The third-order valence-electron chi connectivity index (χ3n) is 10.1. The second kappa shape index (κ2) is 35.4. The Bertz CT molecular complexity index is 1150. The van der Waals surface area contributed by atoms with Crippen molar-refractivity contribution in [2.24, 2.45) is 0 Å². The topological polar surface area (TPSA) is 208 Å². The van der Waals surface area contributed by atoms with Gasteiger partial charge in [0.15, 0.2) is 6.10 Å². The van der Waals surface area contributed by atoms with E-state index < -0.39 is 66.2 Å². The van der Waals surface area contributed by atoms with Crippen molar-refractivity contribution >= 4 is 27.6 Å². The lowest BCUT2D eigenvalue weighted by Crippen LogP contribution is -2.30. The maximum atomic E-state index is 12.7. The third-order valence-corrected chi connectivity index (χ3v) is 11.5. The number of epoxide rings is 1. The van der Waals surface area contributed by atoms with Gasteiger partial charge in [-0.25, -0.2) is 9.13 Å². The Labute approximate surface area is 349 Å². The summed E-state index contributed by atoms with van der Waals surface area (Å²) in [5.74, 6) is -1.04. The van der Waals surface area contributed by atoms with Crippen molar-refractivity contribution in [3.8, 4) is 0 Å². The van der Waals surface area contributed by atoms with E-state index in [9.17, 15) is 28.7 Å². The number of carbonyl (C=O) groups is 2. The van der Waals surface area contributed by atoms with E-state index >= 15 is 0 Å². The van der Waals surface area contributed by atoms with E-state index in [1.165, 1.54) is 89.9 Å². The van der Waals surface area contributed by atoms with Crippen LogP contribution in [-0.4, -0.2) is 82.6 Å². The quantitative estimate of drug-likeness (QED) is 0.0148. The van der Waals surface area contributed by atoms with Crippen LogP contribution in [0.25, 0.3) is 0 Å². The normalized spacial score (nSPS) is 17.6. The molecule has 0 saturated carbocycles. The fourth-order valence-electron chi connectivity index (χ4n) is 6.53. The maximum absolute atomic E-state index is 12.7. The van der Waals surface area contributed by atoms with Crippen LogP contribution in [0.1, 0.15) is 194 Å². The van der Waals surface area contributed by atoms with Crippen molar-refractivity contribution in [2.45, 2.75) is 218 Å². The maximum Gasteiger partial charge on any atom is 0.472 e. The van der Waals surface area contributed by atoms with Crippen LogP contribution in [0.4, 0.5) is 0 Å². The van der Waals surface area contributed by atoms with Gasteiger partial charge in [-0.2, -0.15) is 0 Å². The molecule has 5 atom stereocenters. The molecular formula is C42H80O14P2. The molecular weight excluding hydrogens is 790 g/mol. The molecule has 0 aliphatic carbocycles. The molecule has 0 spiro atoms. The summed E-state index contributed by atoms with van der Waals surface area (Å²) in [5, 5.41) is 9.75. The summed E-state index contributed by atoms with van der Waals surface area (Å²) in [7, 11) is -9.67. The van der Waals surface area contributed by atoms with Gasteiger partial charge in [0.1, 0.15) is 12.7 Å². The van der Waals surface area contributed by atoms with Gasteiger partial charge in [-0.15, -0.1) is 0 Å². The highest BCUT2D eigenvalue weighted by atomic mass is 31.2. The highest BCUT2D eigenvalue weighted by molar-refractivity contribution is 7.47. The number of hydrogen-bond donors (Lipinski definition) is 4. The molecule has 3 unspecified atom stereocenters. The number of rotatable bonds is 42. The van der Waals surface area contributed by atoms with Gasteiger partial charge in [0.2, 0.25) is 0 Å². The smallest absolute Gasteiger partial charge is 0.462 e. The first-order chi connectivity index (χ1) is 27.8. The summed E-state index contributed by atoms with van der Waals surface area (Å²) in [6.07, 6.45) is 32.2. The summed E-state index contributed by atoms with van der Waals surface area (Å²) in [5.41, 5.74) is 0. The van der Waals surface area contributed by atoms with Gasteiger partial charge < -0.3 is 34.0 Å². The van der Waals surface area contributed by atoms with Crippen molar-refractivity contribution in [1.29, 1.82) is 0 Å². The zero-order valence-electron chi connectivity index (χ0n) is 35.9. The first kappa shape index (κ1) is 54.8. The van der Waals surface area contributed by atoms with Crippen molar-refractivity contribution in [3.63, 3.8) is 0 Å². The van der Waals surface area contributed by atoms with E-state index in [-0.39, 0.29) is 12.8 Å². The van der Waals surface area contributed by atoms with Gasteiger partial charge in [-0.05, 0) is 38.5 Å². The molecule has 0 aromatic heterocycles. The largest absolute Gasteiger partial charge is 0.472 e. The molecule has 0 radical (unpaired) electrons. The molecule has 0 bridgehead atoms. The Kier molecular flexibility index (Phi) is 33.5. The van der Waals surface area contributed by atoms with E-state index in [0.29, 0.717) is 25.0 Å². The van der Waals surface area contributed by atoms with Gasteiger partial charge >= 0.3 is 27.6 Å². The summed E-state index contributed by atoms with van der Waals surface area (Å²) >= 11 is 0. The highest BCUT2D eigenvalue weighted by Crippen LogP contribution is 2.44.